The molecule has 0 radical (unpaired) electrons. The van der Waals surface area contributed by atoms with Gasteiger partial charge < -0.3 is 5.73 Å². The summed E-state index contributed by atoms with van der Waals surface area (Å²) in [4.78, 5) is 4.40. The number of hydrogen-bond acceptors (Lipinski definition) is 3. The van der Waals surface area contributed by atoms with E-state index in [1.165, 1.54) is 0 Å². The van der Waals surface area contributed by atoms with Crippen LogP contribution in [0.15, 0.2) is 54.6 Å². The molecule has 0 bridgehead atoms. The molecule has 0 aliphatic heterocycles. The number of nitrogens with zero attached hydrogens (tertiary/aromatic N) is 3. The topological polar surface area (TPSA) is 56.7 Å². The molecule has 2 N–H and O–H groups in total. The third kappa shape index (κ3) is 1.76. The second kappa shape index (κ2) is 4.46. The number of pyridine rings is 1. The summed E-state index contributed by atoms with van der Waals surface area (Å²) < 4.78 is 1.82. The second-order valence-corrected chi connectivity index (χ2v) is 5.13. The highest BCUT2D eigenvalue weighted by Crippen LogP contribution is 2.34. The van der Waals surface area contributed by atoms with E-state index in [2.05, 4.69) is 10.1 Å². The zero-order valence-corrected chi connectivity index (χ0v) is 11.7. The van der Waals surface area contributed by atoms with Crippen LogP contribution in [-0.2, 0) is 0 Å². The summed E-state index contributed by atoms with van der Waals surface area (Å²) in [6.45, 7) is 0. The Morgan fingerprint density at radius 1 is 0.952 bits per heavy atom. The number of fused-ring (bicyclic) bond motifs is 3. The molecule has 0 atom stereocenters. The molecule has 0 saturated carbocycles. The zero-order chi connectivity index (χ0) is 14.4. The molecule has 4 rings (SSSR count). The average Bonchev–Trinajstić information content (AvgIpc) is 2.87. The largest absolute Gasteiger partial charge is 0.382 e. The van der Waals surface area contributed by atoms with E-state index in [4.69, 9.17) is 17.3 Å². The average molecular weight is 295 g/mol. The Labute approximate surface area is 125 Å². The van der Waals surface area contributed by atoms with Crippen molar-refractivity contribution < 1.29 is 0 Å². The normalized spacial score (nSPS) is 11.3. The molecule has 2 aromatic heterocycles. The molecule has 0 spiro atoms. The van der Waals surface area contributed by atoms with Crippen LogP contribution in [0.5, 0.6) is 0 Å². The summed E-state index contributed by atoms with van der Waals surface area (Å²) in [5, 5.41) is 6.49. The molecular weight excluding hydrogens is 284 g/mol. The van der Waals surface area contributed by atoms with Gasteiger partial charge in [0.2, 0.25) is 0 Å². The number of aromatic nitrogens is 3. The monoisotopic (exact) mass is 294 g/mol. The number of hydrogen-bond donors (Lipinski definition) is 1. The van der Waals surface area contributed by atoms with Gasteiger partial charge in [0.15, 0.2) is 5.82 Å². The van der Waals surface area contributed by atoms with Crippen molar-refractivity contribution in [2.24, 2.45) is 0 Å². The van der Waals surface area contributed by atoms with Gasteiger partial charge in [-0.3, -0.25) is 0 Å². The van der Waals surface area contributed by atoms with Gasteiger partial charge in [-0.1, -0.05) is 48.0 Å². The first-order valence-electron chi connectivity index (χ1n) is 6.53. The first kappa shape index (κ1) is 12.2. The van der Waals surface area contributed by atoms with E-state index in [9.17, 15) is 0 Å². The molecule has 0 fully saturated rings. The fraction of sp³-hybridized carbons (Fsp3) is 0. The van der Waals surface area contributed by atoms with Gasteiger partial charge in [-0.15, -0.1) is 5.10 Å². The lowest BCUT2D eigenvalue weighted by Gasteiger charge is -2.06. The third-order valence-electron chi connectivity index (χ3n) is 3.50. The molecule has 4 nitrogen and oxygen atoms in total. The summed E-state index contributed by atoms with van der Waals surface area (Å²) in [6, 6.07) is 17.7. The van der Waals surface area contributed by atoms with Crippen molar-refractivity contribution in [1.29, 1.82) is 0 Å². The molecule has 0 unspecified atom stereocenters. The predicted octanol–water partition coefficient (Wildman–Crippen LogP) is 3.81. The van der Waals surface area contributed by atoms with Gasteiger partial charge >= 0.3 is 0 Å². The molecule has 0 amide bonds. The van der Waals surface area contributed by atoms with Crippen molar-refractivity contribution in [3.8, 4) is 5.69 Å². The first-order chi connectivity index (χ1) is 10.3. The van der Waals surface area contributed by atoms with Crippen LogP contribution in [0.25, 0.3) is 27.5 Å². The molecular formula is C16H11ClN4. The van der Waals surface area contributed by atoms with Gasteiger partial charge in [0.05, 0.1) is 22.1 Å². The summed E-state index contributed by atoms with van der Waals surface area (Å²) in [5.74, 6) is 0.386. The van der Waals surface area contributed by atoms with Crippen molar-refractivity contribution in [2.75, 3.05) is 5.73 Å². The van der Waals surface area contributed by atoms with E-state index >= 15 is 0 Å². The van der Waals surface area contributed by atoms with Crippen LogP contribution in [0, 0.1) is 0 Å². The van der Waals surface area contributed by atoms with Gasteiger partial charge in [-0.2, -0.15) is 0 Å². The van der Waals surface area contributed by atoms with Crippen molar-refractivity contribution in [3.05, 3.63) is 59.8 Å². The van der Waals surface area contributed by atoms with Crippen LogP contribution in [0.3, 0.4) is 0 Å². The number of para-hydroxylation sites is 2. The maximum Gasteiger partial charge on any atom is 0.156 e. The number of nitrogens with two attached hydrogens (primary N) is 1. The van der Waals surface area contributed by atoms with E-state index in [-0.39, 0.29) is 0 Å². The summed E-state index contributed by atoms with van der Waals surface area (Å²) in [7, 11) is 0. The van der Waals surface area contributed by atoms with Crippen molar-refractivity contribution in [2.45, 2.75) is 0 Å². The van der Waals surface area contributed by atoms with Crippen LogP contribution < -0.4 is 5.73 Å². The minimum atomic E-state index is 0.378. The number of nitrogen functional groups attached to an aromatic ring is 1. The highest BCUT2D eigenvalue weighted by atomic mass is 35.5. The fourth-order valence-electron chi connectivity index (χ4n) is 2.58. The molecule has 5 heteroatoms. The van der Waals surface area contributed by atoms with Crippen LogP contribution >= 0.6 is 11.6 Å². The SMILES string of the molecule is Nc1nn(-c2ccccc2)c2c1c(Cl)nc1ccccc12. The minimum absolute atomic E-state index is 0.378. The standard InChI is InChI=1S/C16H11ClN4/c17-15-13-14(11-8-4-5-9-12(11)19-15)21(20-16(13)18)10-6-2-1-3-7-10/h1-9H,(H2,18,20). The van der Waals surface area contributed by atoms with Crippen LogP contribution in [0.1, 0.15) is 0 Å². The maximum atomic E-state index is 6.30. The first-order valence-corrected chi connectivity index (χ1v) is 6.91. The van der Waals surface area contributed by atoms with Gasteiger partial charge in [0.1, 0.15) is 5.15 Å². The van der Waals surface area contributed by atoms with E-state index < -0.39 is 0 Å². The molecule has 4 aromatic rings. The Morgan fingerprint density at radius 2 is 1.67 bits per heavy atom. The van der Waals surface area contributed by atoms with Crippen LogP contribution in [0.2, 0.25) is 5.15 Å². The summed E-state index contributed by atoms with van der Waals surface area (Å²) >= 11 is 6.30. The number of anilines is 1. The fourth-order valence-corrected chi connectivity index (χ4v) is 2.85. The van der Waals surface area contributed by atoms with Crippen molar-refractivity contribution in [3.63, 3.8) is 0 Å². The quantitative estimate of drug-likeness (QED) is 0.543. The van der Waals surface area contributed by atoms with E-state index in [0.717, 1.165) is 22.1 Å². The third-order valence-corrected chi connectivity index (χ3v) is 3.77. The lowest BCUT2D eigenvalue weighted by molar-refractivity contribution is 0.920. The maximum absolute atomic E-state index is 6.30. The highest BCUT2D eigenvalue weighted by molar-refractivity contribution is 6.36. The van der Waals surface area contributed by atoms with E-state index in [1.807, 2.05) is 59.3 Å². The molecule has 102 valence electrons. The smallest absolute Gasteiger partial charge is 0.156 e. The Balaban J connectivity index is 2.23. The van der Waals surface area contributed by atoms with Crippen LogP contribution in [-0.4, -0.2) is 14.8 Å². The second-order valence-electron chi connectivity index (χ2n) is 4.78. The molecule has 2 aromatic carbocycles. The summed E-state index contributed by atoms with van der Waals surface area (Å²) in [6.07, 6.45) is 0. The minimum Gasteiger partial charge on any atom is -0.382 e. The lowest BCUT2D eigenvalue weighted by atomic mass is 10.1. The van der Waals surface area contributed by atoms with Crippen molar-refractivity contribution in [1.82, 2.24) is 14.8 Å². The van der Waals surface area contributed by atoms with E-state index in [0.29, 0.717) is 16.4 Å². The predicted molar refractivity (Wildman–Crippen MR) is 85.8 cm³/mol. The van der Waals surface area contributed by atoms with Crippen molar-refractivity contribution >= 4 is 39.2 Å². The van der Waals surface area contributed by atoms with Crippen LogP contribution in [0.4, 0.5) is 5.82 Å². The molecule has 0 aliphatic carbocycles. The highest BCUT2D eigenvalue weighted by Gasteiger charge is 2.17. The van der Waals surface area contributed by atoms with Gasteiger partial charge in [-0.25, -0.2) is 9.67 Å². The Hall–Kier alpha value is -2.59. The van der Waals surface area contributed by atoms with Gasteiger partial charge in [0, 0.05) is 5.39 Å². The molecule has 2 heterocycles. The number of rotatable bonds is 1. The number of benzene rings is 2. The van der Waals surface area contributed by atoms with Gasteiger partial charge in [-0.05, 0) is 18.2 Å². The summed E-state index contributed by atoms with van der Waals surface area (Å²) in [5.41, 5.74) is 8.70. The molecule has 0 aliphatic rings. The molecule has 0 saturated heterocycles. The van der Waals surface area contributed by atoms with Gasteiger partial charge in [0.25, 0.3) is 0 Å². The number of halogens is 1. The molecule has 21 heavy (non-hydrogen) atoms. The zero-order valence-electron chi connectivity index (χ0n) is 11.0. The lowest BCUT2D eigenvalue weighted by Crippen LogP contribution is -1.97. The Morgan fingerprint density at radius 3 is 2.48 bits per heavy atom. The Kier molecular flexibility index (Phi) is 2.59. The Bertz CT molecular complexity index is 960. The van der Waals surface area contributed by atoms with E-state index in [1.54, 1.807) is 0 Å².